The zero-order chi connectivity index (χ0) is 15.7. The van der Waals surface area contributed by atoms with Gasteiger partial charge in [0, 0.05) is 30.4 Å². The van der Waals surface area contributed by atoms with E-state index in [1.54, 1.807) is 23.9 Å². The highest BCUT2D eigenvalue weighted by Crippen LogP contribution is 2.25. The highest BCUT2D eigenvalue weighted by atomic mass is 16.5. The summed E-state index contributed by atoms with van der Waals surface area (Å²) in [6.45, 7) is 3.82. The van der Waals surface area contributed by atoms with Gasteiger partial charge in [0.05, 0.1) is 7.11 Å². The van der Waals surface area contributed by atoms with Crippen molar-refractivity contribution in [3.63, 3.8) is 0 Å². The molecule has 0 N–H and O–H groups in total. The molecule has 0 aliphatic heterocycles. The number of hydrogen-bond acceptors (Lipinski definition) is 4. The number of rotatable bonds is 4. The molecule has 0 fully saturated rings. The van der Waals surface area contributed by atoms with Crippen LogP contribution in [0.5, 0.6) is 5.75 Å². The minimum atomic E-state index is 0.0207. The van der Waals surface area contributed by atoms with Gasteiger partial charge in [0.25, 0.3) is 0 Å². The fraction of sp³-hybridized carbons (Fsp3) is 0.235. The van der Waals surface area contributed by atoms with E-state index in [2.05, 4.69) is 10.1 Å². The molecular formula is C17H17N3O2. The molecule has 0 atom stereocenters. The monoisotopic (exact) mass is 295 g/mol. The molecule has 0 spiro atoms. The minimum absolute atomic E-state index is 0.0207. The largest absolute Gasteiger partial charge is 0.496 e. The van der Waals surface area contributed by atoms with Crippen LogP contribution in [0, 0.1) is 6.92 Å². The van der Waals surface area contributed by atoms with Crippen molar-refractivity contribution in [2.75, 3.05) is 7.11 Å². The van der Waals surface area contributed by atoms with E-state index in [1.165, 1.54) is 0 Å². The third-order valence-electron chi connectivity index (χ3n) is 3.65. The van der Waals surface area contributed by atoms with Crippen molar-refractivity contribution in [1.29, 1.82) is 0 Å². The molecule has 5 nitrogen and oxygen atoms in total. The van der Waals surface area contributed by atoms with Crippen molar-refractivity contribution >= 4 is 11.4 Å². The van der Waals surface area contributed by atoms with Crippen molar-refractivity contribution < 1.29 is 9.53 Å². The molecule has 1 aromatic carbocycles. The normalized spacial score (nSPS) is 10.9. The highest BCUT2D eigenvalue weighted by molar-refractivity contribution is 5.94. The minimum Gasteiger partial charge on any atom is -0.496 e. The van der Waals surface area contributed by atoms with Crippen LogP contribution in [-0.2, 0) is 0 Å². The lowest BCUT2D eigenvalue weighted by Crippen LogP contribution is -1.98. The average molecular weight is 295 g/mol. The summed E-state index contributed by atoms with van der Waals surface area (Å²) in [6.07, 6.45) is 4.11. The average Bonchev–Trinajstić information content (AvgIpc) is 2.97. The molecule has 0 aliphatic carbocycles. The summed E-state index contributed by atoms with van der Waals surface area (Å²) in [5, 5.41) is 4.31. The maximum atomic E-state index is 11.7. The first kappa shape index (κ1) is 14.3. The van der Waals surface area contributed by atoms with Crippen LogP contribution >= 0.6 is 0 Å². The Morgan fingerprint density at radius 3 is 2.77 bits per heavy atom. The van der Waals surface area contributed by atoms with Crippen LogP contribution in [0.1, 0.15) is 29.4 Å². The lowest BCUT2D eigenvalue weighted by atomic mass is 10.1. The Balaban J connectivity index is 2.04. The van der Waals surface area contributed by atoms with E-state index in [0.717, 1.165) is 22.4 Å². The number of ether oxygens (including phenoxy) is 1. The molecule has 2 aromatic heterocycles. The molecular weight excluding hydrogens is 278 g/mol. The van der Waals surface area contributed by atoms with Crippen molar-refractivity contribution in [3.05, 3.63) is 47.9 Å². The first-order chi connectivity index (χ1) is 10.6. The second kappa shape index (κ2) is 5.60. The third kappa shape index (κ3) is 2.45. The number of aryl methyl sites for hydroxylation is 1. The predicted molar refractivity (Wildman–Crippen MR) is 84.3 cm³/mol. The number of nitrogens with zero attached hydrogens (tertiary/aromatic N) is 3. The van der Waals surface area contributed by atoms with Crippen LogP contribution in [0.4, 0.5) is 0 Å². The summed E-state index contributed by atoms with van der Waals surface area (Å²) in [5.74, 6) is 0.875. The summed E-state index contributed by atoms with van der Waals surface area (Å²) in [5.41, 5.74) is 4.16. The Labute approximate surface area is 128 Å². The molecule has 3 aromatic rings. The SMILES string of the molecule is CCC(=O)c1cc2ncc(-c3ccc(OC)c(C)c3)cn2n1. The fourth-order valence-corrected chi connectivity index (χ4v) is 2.40. The summed E-state index contributed by atoms with van der Waals surface area (Å²) >= 11 is 0. The molecule has 112 valence electrons. The number of hydrogen-bond donors (Lipinski definition) is 0. The topological polar surface area (TPSA) is 56.5 Å². The van der Waals surface area contributed by atoms with Crippen LogP contribution < -0.4 is 4.74 Å². The number of benzene rings is 1. The Bertz CT molecular complexity index is 852. The first-order valence-corrected chi connectivity index (χ1v) is 7.16. The molecule has 0 saturated heterocycles. The molecule has 0 saturated carbocycles. The van der Waals surface area contributed by atoms with Gasteiger partial charge in [-0.2, -0.15) is 5.10 Å². The van der Waals surface area contributed by atoms with Crippen molar-refractivity contribution in [3.8, 4) is 16.9 Å². The lowest BCUT2D eigenvalue weighted by molar-refractivity contribution is 0.0983. The molecule has 0 radical (unpaired) electrons. The maximum absolute atomic E-state index is 11.7. The quantitative estimate of drug-likeness (QED) is 0.693. The second-order valence-electron chi connectivity index (χ2n) is 5.14. The van der Waals surface area contributed by atoms with E-state index in [9.17, 15) is 4.79 Å². The zero-order valence-electron chi connectivity index (χ0n) is 12.8. The van der Waals surface area contributed by atoms with E-state index in [1.807, 2.05) is 38.2 Å². The smallest absolute Gasteiger partial charge is 0.182 e. The number of carbonyl (C=O) groups excluding carboxylic acids is 1. The van der Waals surface area contributed by atoms with Gasteiger partial charge in [0.15, 0.2) is 11.4 Å². The summed E-state index contributed by atoms with van der Waals surface area (Å²) in [4.78, 5) is 16.1. The van der Waals surface area contributed by atoms with Gasteiger partial charge in [-0.1, -0.05) is 13.0 Å². The number of Topliss-reactive ketones (excluding diaryl/α,β-unsaturated/α-hetero) is 1. The van der Waals surface area contributed by atoms with E-state index in [0.29, 0.717) is 17.8 Å². The van der Waals surface area contributed by atoms with E-state index >= 15 is 0 Å². The van der Waals surface area contributed by atoms with Gasteiger partial charge in [-0.15, -0.1) is 0 Å². The van der Waals surface area contributed by atoms with Gasteiger partial charge in [0.1, 0.15) is 11.4 Å². The Morgan fingerprint density at radius 2 is 2.09 bits per heavy atom. The highest BCUT2D eigenvalue weighted by Gasteiger charge is 2.10. The number of methoxy groups -OCH3 is 1. The molecule has 5 heteroatoms. The van der Waals surface area contributed by atoms with E-state index < -0.39 is 0 Å². The Morgan fingerprint density at radius 1 is 1.27 bits per heavy atom. The fourth-order valence-electron chi connectivity index (χ4n) is 2.40. The van der Waals surface area contributed by atoms with Crippen molar-refractivity contribution in [2.45, 2.75) is 20.3 Å². The zero-order valence-corrected chi connectivity index (χ0v) is 12.8. The predicted octanol–water partition coefficient (Wildman–Crippen LogP) is 3.31. The van der Waals surface area contributed by atoms with Crippen molar-refractivity contribution in [2.24, 2.45) is 0 Å². The Kier molecular flexibility index (Phi) is 3.63. The van der Waals surface area contributed by atoms with Crippen LogP contribution in [0.15, 0.2) is 36.7 Å². The molecule has 2 heterocycles. The van der Waals surface area contributed by atoms with Gasteiger partial charge < -0.3 is 4.74 Å². The number of ketones is 1. The number of fused-ring (bicyclic) bond motifs is 1. The summed E-state index contributed by atoms with van der Waals surface area (Å²) in [7, 11) is 1.66. The molecule has 22 heavy (non-hydrogen) atoms. The van der Waals surface area contributed by atoms with Crippen LogP contribution in [0.25, 0.3) is 16.8 Å². The van der Waals surface area contributed by atoms with Crippen LogP contribution in [-0.4, -0.2) is 27.5 Å². The third-order valence-corrected chi connectivity index (χ3v) is 3.65. The molecule has 0 unspecified atom stereocenters. The van der Waals surface area contributed by atoms with Crippen LogP contribution in [0.3, 0.4) is 0 Å². The molecule has 0 amide bonds. The van der Waals surface area contributed by atoms with Gasteiger partial charge in [-0.05, 0) is 30.2 Å². The number of aromatic nitrogens is 3. The summed E-state index contributed by atoms with van der Waals surface area (Å²) in [6, 6.07) is 7.68. The van der Waals surface area contributed by atoms with Gasteiger partial charge in [-0.25, -0.2) is 9.50 Å². The first-order valence-electron chi connectivity index (χ1n) is 7.16. The standard InChI is InChI=1S/C17H17N3O2/c1-4-15(21)14-8-17-18-9-13(10-20(17)19-14)12-5-6-16(22-3)11(2)7-12/h5-10H,4H2,1-3H3. The second-order valence-corrected chi connectivity index (χ2v) is 5.14. The Hall–Kier alpha value is -2.69. The van der Waals surface area contributed by atoms with E-state index in [-0.39, 0.29) is 5.78 Å². The van der Waals surface area contributed by atoms with Gasteiger partial charge >= 0.3 is 0 Å². The summed E-state index contributed by atoms with van der Waals surface area (Å²) < 4.78 is 6.93. The molecule has 0 aliphatic rings. The number of carbonyl (C=O) groups is 1. The van der Waals surface area contributed by atoms with Gasteiger partial charge in [-0.3, -0.25) is 4.79 Å². The van der Waals surface area contributed by atoms with Crippen LogP contribution in [0.2, 0.25) is 0 Å². The molecule has 3 rings (SSSR count). The van der Waals surface area contributed by atoms with Crippen molar-refractivity contribution in [1.82, 2.24) is 14.6 Å². The lowest BCUT2D eigenvalue weighted by Gasteiger charge is -2.07. The van der Waals surface area contributed by atoms with Gasteiger partial charge in [0.2, 0.25) is 0 Å². The molecule has 0 bridgehead atoms. The maximum Gasteiger partial charge on any atom is 0.182 e. The van der Waals surface area contributed by atoms with E-state index in [4.69, 9.17) is 4.74 Å².